The molecule has 0 saturated carbocycles. The van der Waals surface area contributed by atoms with Gasteiger partial charge in [0.05, 0.1) is 11.0 Å². The minimum atomic E-state index is -0.0343. The molecule has 2 aromatic carbocycles. The van der Waals surface area contributed by atoms with E-state index in [2.05, 4.69) is 73.1 Å². The molecule has 0 amide bonds. The lowest BCUT2D eigenvalue weighted by atomic mass is 9.86. The van der Waals surface area contributed by atoms with E-state index in [0.29, 0.717) is 11.8 Å². The lowest BCUT2D eigenvalue weighted by molar-refractivity contribution is 0.442. The Balaban J connectivity index is 1.67. The van der Waals surface area contributed by atoms with Crippen LogP contribution >= 0.6 is 0 Å². The van der Waals surface area contributed by atoms with Crippen LogP contribution in [0.1, 0.15) is 37.5 Å². The van der Waals surface area contributed by atoms with Gasteiger partial charge in [-0.25, -0.2) is 9.97 Å². The fraction of sp³-hybridized carbons (Fsp3) is 0.250. The van der Waals surface area contributed by atoms with Gasteiger partial charge in [0, 0.05) is 11.8 Å². The molecular weight excluding hydrogens is 360 g/mol. The van der Waals surface area contributed by atoms with Gasteiger partial charge in [-0.3, -0.25) is 0 Å². The zero-order chi connectivity index (χ0) is 20.6. The van der Waals surface area contributed by atoms with E-state index in [4.69, 9.17) is 4.74 Å². The van der Waals surface area contributed by atoms with E-state index in [0.717, 1.165) is 28.0 Å². The maximum atomic E-state index is 6.24. The molecule has 0 atom stereocenters. The molecule has 2 heterocycles. The Morgan fingerprint density at radius 1 is 0.966 bits per heavy atom. The molecule has 29 heavy (non-hydrogen) atoms. The first-order valence-corrected chi connectivity index (χ1v) is 9.77. The predicted octanol–water partition coefficient (Wildman–Crippen LogP) is 6.41. The van der Waals surface area contributed by atoms with E-state index in [1.807, 2.05) is 30.3 Å². The molecule has 5 nitrogen and oxygen atoms in total. The standard InChI is InChI=1S/C24H26N4O/c1-15-13-19-20(14-16(15)2)28-23(27-19)26-18-10-8-12-25-22(18)29-21-11-7-6-9-17(21)24(3,4)5/h6-14H,1-5H3,(H2,26,27,28). The highest BCUT2D eigenvalue weighted by atomic mass is 16.5. The van der Waals surface area contributed by atoms with Crippen molar-refractivity contribution in [1.82, 2.24) is 15.0 Å². The summed E-state index contributed by atoms with van der Waals surface area (Å²) in [7, 11) is 0. The van der Waals surface area contributed by atoms with Crippen LogP contribution in [0, 0.1) is 13.8 Å². The Labute approximate surface area is 171 Å². The molecule has 0 aliphatic heterocycles. The Morgan fingerprint density at radius 2 is 1.72 bits per heavy atom. The number of aromatic amines is 1. The number of nitrogens with zero attached hydrogens (tertiary/aromatic N) is 2. The van der Waals surface area contributed by atoms with Gasteiger partial charge in [-0.2, -0.15) is 0 Å². The molecule has 0 radical (unpaired) electrons. The van der Waals surface area contributed by atoms with Crippen LogP contribution < -0.4 is 10.1 Å². The first-order chi connectivity index (χ1) is 13.8. The van der Waals surface area contributed by atoms with Gasteiger partial charge in [-0.1, -0.05) is 39.0 Å². The number of imidazole rings is 1. The molecule has 0 fully saturated rings. The second kappa shape index (κ2) is 7.24. The maximum Gasteiger partial charge on any atom is 0.243 e. The van der Waals surface area contributed by atoms with E-state index in [1.54, 1.807) is 6.20 Å². The van der Waals surface area contributed by atoms with E-state index in [9.17, 15) is 0 Å². The molecule has 4 aromatic rings. The highest BCUT2D eigenvalue weighted by Crippen LogP contribution is 2.36. The van der Waals surface area contributed by atoms with Gasteiger partial charge in [-0.05, 0) is 60.7 Å². The summed E-state index contributed by atoms with van der Waals surface area (Å²) in [4.78, 5) is 12.4. The van der Waals surface area contributed by atoms with Gasteiger partial charge in [-0.15, -0.1) is 0 Å². The van der Waals surface area contributed by atoms with E-state index >= 15 is 0 Å². The van der Waals surface area contributed by atoms with Crippen molar-refractivity contribution in [3.8, 4) is 11.6 Å². The number of rotatable bonds is 4. The number of anilines is 2. The number of aryl methyl sites for hydroxylation is 2. The van der Waals surface area contributed by atoms with E-state index in [1.165, 1.54) is 11.1 Å². The van der Waals surface area contributed by atoms with Crippen LogP contribution in [-0.2, 0) is 5.41 Å². The third-order valence-corrected chi connectivity index (χ3v) is 5.02. The van der Waals surface area contributed by atoms with Gasteiger partial charge >= 0.3 is 0 Å². The molecule has 4 rings (SSSR count). The van der Waals surface area contributed by atoms with Crippen LogP contribution in [0.3, 0.4) is 0 Å². The maximum absolute atomic E-state index is 6.24. The summed E-state index contributed by atoms with van der Waals surface area (Å²) in [6.45, 7) is 10.7. The van der Waals surface area contributed by atoms with Crippen molar-refractivity contribution in [3.63, 3.8) is 0 Å². The second-order valence-electron chi connectivity index (χ2n) is 8.37. The Kier molecular flexibility index (Phi) is 4.74. The molecule has 2 N–H and O–H groups in total. The fourth-order valence-corrected chi connectivity index (χ4v) is 3.30. The summed E-state index contributed by atoms with van der Waals surface area (Å²) in [5.74, 6) is 1.97. The zero-order valence-electron chi connectivity index (χ0n) is 17.5. The lowest BCUT2D eigenvalue weighted by Gasteiger charge is -2.22. The van der Waals surface area contributed by atoms with Gasteiger partial charge in [0.1, 0.15) is 11.4 Å². The van der Waals surface area contributed by atoms with E-state index < -0.39 is 0 Å². The topological polar surface area (TPSA) is 62.8 Å². The minimum absolute atomic E-state index is 0.0343. The Hall–Kier alpha value is -3.34. The summed E-state index contributed by atoms with van der Waals surface area (Å²) in [5.41, 5.74) is 6.24. The van der Waals surface area contributed by atoms with Crippen molar-refractivity contribution in [3.05, 3.63) is 71.4 Å². The van der Waals surface area contributed by atoms with Gasteiger partial charge in [0.2, 0.25) is 11.8 Å². The summed E-state index contributed by atoms with van der Waals surface area (Å²) in [6, 6.07) is 16.1. The molecule has 0 aliphatic carbocycles. The van der Waals surface area contributed by atoms with Crippen LogP contribution in [-0.4, -0.2) is 15.0 Å². The quantitative estimate of drug-likeness (QED) is 0.425. The molecule has 0 saturated heterocycles. The number of ether oxygens (including phenoxy) is 1. The number of pyridine rings is 1. The monoisotopic (exact) mass is 386 g/mol. The SMILES string of the molecule is Cc1cc2nc(Nc3cccnc3Oc3ccccc3C(C)(C)C)[nH]c2cc1C. The highest BCUT2D eigenvalue weighted by Gasteiger charge is 2.20. The third kappa shape index (κ3) is 3.94. The van der Waals surface area contributed by atoms with E-state index in [-0.39, 0.29) is 5.41 Å². The van der Waals surface area contributed by atoms with Crippen molar-refractivity contribution < 1.29 is 4.74 Å². The van der Waals surface area contributed by atoms with Crippen molar-refractivity contribution in [1.29, 1.82) is 0 Å². The van der Waals surface area contributed by atoms with Gasteiger partial charge < -0.3 is 15.0 Å². The average molecular weight is 386 g/mol. The van der Waals surface area contributed by atoms with Crippen LogP contribution in [0.2, 0.25) is 0 Å². The van der Waals surface area contributed by atoms with Gasteiger partial charge in [0.15, 0.2) is 0 Å². The van der Waals surface area contributed by atoms with Gasteiger partial charge in [0.25, 0.3) is 0 Å². The molecule has 2 aromatic heterocycles. The summed E-state index contributed by atoms with van der Waals surface area (Å²) >= 11 is 0. The molecular formula is C24H26N4O. The van der Waals surface area contributed by atoms with Crippen molar-refractivity contribution in [2.24, 2.45) is 0 Å². The van der Waals surface area contributed by atoms with Crippen LogP contribution in [0.4, 0.5) is 11.6 Å². The normalized spacial score (nSPS) is 11.6. The minimum Gasteiger partial charge on any atom is -0.437 e. The van der Waals surface area contributed by atoms with Crippen LogP contribution in [0.5, 0.6) is 11.6 Å². The number of hydrogen-bond acceptors (Lipinski definition) is 4. The van der Waals surface area contributed by atoms with Crippen molar-refractivity contribution in [2.45, 2.75) is 40.0 Å². The van der Waals surface area contributed by atoms with Crippen LogP contribution in [0.25, 0.3) is 11.0 Å². The van der Waals surface area contributed by atoms with Crippen molar-refractivity contribution >= 4 is 22.7 Å². The van der Waals surface area contributed by atoms with Crippen molar-refractivity contribution in [2.75, 3.05) is 5.32 Å². The predicted molar refractivity (Wildman–Crippen MR) is 118 cm³/mol. The number of H-pyrrole nitrogens is 1. The summed E-state index contributed by atoms with van der Waals surface area (Å²) in [5, 5.41) is 3.33. The average Bonchev–Trinajstić information content (AvgIpc) is 3.04. The molecule has 5 heteroatoms. The lowest BCUT2D eigenvalue weighted by Crippen LogP contribution is -2.12. The number of fused-ring (bicyclic) bond motifs is 1. The summed E-state index contributed by atoms with van der Waals surface area (Å²) in [6.07, 6.45) is 1.73. The fourth-order valence-electron chi connectivity index (χ4n) is 3.30. The smallest absolute Gasteiger partial charge is 0.243 e. The zero-order valence-corrected chi connectivity index (χ0v) is 17.5. The molecule has 0 spiro atoms. The largest absolute Gasteiger partial charge is 0.437 e. The molecule has 0 unspecified atom stereocenters. The second-order valence-corrected chi connectivity index (χ2v) is 8.37. The first kappa shape index (κ1) is 19.0. The highest BCUT2D eigenvalue weighted by molar-refractivity contribution is 5.80. The number of hydrogen-bond donors (Lipinski definition) is 2. The Morgan fingerprint density at radius 3 is 2.52 bits per heavy atom. The number of aromatic nitrogens is 3. The third-order valence-electron chi connectivity index (χ3n) is 5.02. The Bertz CT molecular complexity index is 1130. The first-order valence-electron chi connectivity index (χ1n) is 9.77. The molecule has 0 aliphatic rings. The van der Waals surface area contributed by atoms with Crippen LogP contribution in [0.15, 0.2) is 54.7 Å². The summed E-state index contributed by atoms with van der Waals surface area (Å²) < 4.78 is 6.24. The molecule has 0 bridgehead atoms. The number of benzene rings is 2. The molecule has 148 valence electrons. The number of nitrogens with one attached hydrogen (secondary N) is 2. The number of para-hydroxylation sites is 1.